The van der Waals surface area contributed by atoms with Crippen molar-refractivity contribution in [1.82, 2.24) is 19.7 Å². The Morgan fingerprint density at radius 1 is 1.42 bits per heavy atom. The number of fused-ring (bicyclic) bond motifs is 1. The molecule has 1 saturated heterocycles. The number of rotatable bonds is 4. The van der Waals surface area contributed by atoms with Crippen molar-refractivity contribution in [3.05, 3.63) is 35.2 Å². The summed E-state index contributed by atoms with van der Waals surface area (Å²) in [6.07, 6.45) is 7.69. The highest BCUT2D eigenvalue weighted by Crippen LogP contribution is 2.36. The number of hydrogen-bond acceptors (Lipinski definition) is 6. The zero-order valence-corrected chi connectivity index (χ0v) is 14.7. The minimum absolute atomic E-state index is 0.292. The van der Waals surface area contributed by atoms with Crippen LogP contribution in [0.5, 0.6) is 0 Å². The molecule has 1 N–H and O–H groups in total. The molecule has 0 radical (unpaired) electrons. The summed E-state index contributed by atoms with van der Waals surface area (Å²) in [5.74, 6) is 1.01. The van der Waals surface area contributed by atoms with E-state index in [9.17, 15) is 5.11 Å². The van der Waals surface area contributed by atoms with E-state index < -0.39 is 6.10 Å². The standard InChI is InChI=1S/C17H21N5OS/c1-11-9-24-16-15(11)18-10-19-17(16)22-5-3-4-13(22)6-14(23)12-7-20-21(2)8-12/h7-10,13-14,23H,3-6H2,1-2H3/t13-,14-/m1/s1. The maximum atomic E-state index is 10.6. The molecule has 3 aromatic heterocycles. The lowest BCUT2D eigenvalue weighted by atomic mass is 10.0. The third-order valence-electron chi connectivity index (χ3n) is 4.77. The SMILES string of the molecule is Cc1csc2c(N3CCC[C@@H]3C[C@@H](O)c3cnn(C)c3)ncnc12. The average molecular weight is 343 g/mol. The summed E-state index contributed by atoms with van der Waals surface area (Å²) in [5, 5.41) is 16.9. The second-order valence-electron chi connectivity index (χ2n) is 6.48. The van der Waals surface area contributed by atoms with Gasteiger partial charge in [-0.3, -0.25) is 4.68 Å². The molecule has 1 aliphatic heterocycles. The molecule has 0 unspecified atom stereocenters. The monoisotopic (exact) mass is 343 g/mol. The van der Waals surface area contributed by atoms with Crippen molar-refractivity contribution in [3.8, 4) is 0 Å². The number of anilines is 1. The molecule has 0 aromatic carbocycles. The van der Waals surface area contributed by atoms with E-state index in [1.165, 1.54) is 5.56 Å². The average Bonchev–Trinajstić information content (AvgIpc) is 3.28. The lowest BCUT2D eigenvalue weighted by Crippen LogP contribution is -2.31. The number of thiophene rings is 1. The van der Waals surface area contributed by atoms with E-state index in [1.54, 1.807) is 28.5 Å². The Balaban J connectivity index is 1.60. The van der Waals surface area contributed by atoms with Crippen molar-refractivity contribution < 1.29 is 5.11 Å². The van der Waals surface area contributed by atoms with Gasteiger partial charge in [-0.2, -0.15) is 5.10 Å². The molecule has 2 atom stereocenters. The summed E-state index contributed by atoms with van der Waals surface area (Å²) < 4.78 is 2.88. The van der Waals surface area contributed by atoms with Gasteiger partial charge in [0.2, 0.25) is 0 Å². The molecule has 0 aliphatic carbocycles. The van der Waals surface area contributed by atoms with Crippen molar-refractivity contribution in [3.63, 3.8) is 0 Å². The maximum Gasteiger partial charge on any atom is 0.150 e. The van der Waals surface area contributed by atoms with Gasteiger partial charge in [0.15, 0.2) is 0 Å². The molecule has 0 spiro atoms. The van der Waals surface area contributed by atoms with Crippen LogP contribution in [0, 0.1) is 6.92 Å². The van der Waals surface area contributed by atoms with E-state index in [4.69, 9.17) is 0 Å². The summed E-state index contributed by atoms with van der Waals surface area (Å²) >= 11 is 1.71. The van der Waals surface area contributed by atoms with E-state index in [0.29, 0.717) is 12.5 Å². The molecule has 24 heavy (non-hydrogen) atoms. The van der Waals surface area contributed by atoms with Gasteiger partial charge < -0.3 is 10.0 Å². The Kier molecular flexibility index (Phi) is 3.97. The fourth-order valence-electron chi connectivity index (χ4n) is 3.53. The molecule has 4 heterocycles. The van der Waals surface area contributed by atoms with E-state index in [2.05, 4.69) is 32.3 Å². The molecule has 0 saturated carbocycles. The van der Waals surface area contributed by atoms with E-state index >= 15 is 0 Å². The van der Waals surface area contributed by atoms with Gasteiger partial charge in [0.25, 0.3) is 0 Å². The first-order valence-corrected chi connectivity index (χ1v) is 9.13. The highest BCUT2D eigenvalue weighted by atomic mass is 32.1. The smallest absolute Gasteiger partial charge is 0.150 e. The summed E-state index contributed by atoms with van der Waals surface area (Å²) in [6, 6.07) is 0.292. The summed E-state index contributed by atoms with van der Waals surface area (Å²) in [5.41, 5.74) is 3.12. The van der Waals surface area contributed by atoms with Crippen LogP contribution < -0.4 is 4.90 Å². The number of hydrogen-bond donors (Lipinski definition) is 1. The van der Waals surface area contributed by atoms with Crippen LogP contribution in [0.4, 0.5) is 5.82 Å². The van der Waals surface area contributed by atoms with Crippen LogP contribution in [-0.2, 0) is 7.05 Å². The zero-order chi connectivity index (χ0) is 16.7. The first kappa shape index (κ1) is 15.5. The molecule has 126 valence electrons. The van der Waals surface area contributed by atoms with Gasteiger partial charge >= 0.3 is 0 Å². The fourth-order valence-corrected chi connectivity index (χ4v) is 4.53. The van der Waals surface area contributed by atoms with Gasteiger partial charge in [0.05, 0.1) is 22.5 Å². The summed E-state index contributed by atoms with van der Waals surface area (Å²) in [4.78, 5) is 11.3. The van der Waals surface area contributed by atoms with Gasteiger partial charge in [0, 0.05) is 31.4 Å². The van der Waals surface area contributed by atoms with E-state index in [0.717, 1.165) is 41.0 Å². The van der Waals surface area contributed by atoms with Crippen LogP contribution in [0.1, 0.15) is 36.5 Å². The molecule has 0 amide bonds. The Morgan fingerprint density at radius 2 is 2.29 bits per heavy atom. The molecule has 1 aliphatic rings. The van der Waals surface area contributed by atoms with Gasteiger partial charge in [0.1, 0.15) is 12.1 Å². The maximum absolute atomic E-state index is 10.6. The predicted molar refractivity (Wildman–Crippen MR) is 95.3 cm³/mol. The second kappa shape index (κ2) is 6.14. The number of aryl methyl sites for hydroxylation is 2. The minimum Gasteiger partial charge on any atom is -0.388 e. The zero-order valence-electron chi connectivity index (χ0n) is 13.9. The Labute approximate surface area is 144 Å². The lowest BCUT2D eigenvalue weighted by Gasteiger charge is -2.27. The third-order valence-corrected chi connectivity index (χ3v) is 5.85. The van der Waals surface area contributed by atoms with E-state index in [-0.39, 0.29) is 0 Å². The number of aromatic nitrogens is 4. The highest BCUT2D eigenvalue weighted by Gasteiger charge is 2.30. The third kappa shape index (κ3) is 2.67. The van der Waals surface area contributed by atoms with Gasteiger partial charge in [-0.1, -0.05) is 0 Å². The highest BCUT2D eigenvalue weighted by molar-refractivity contribution is 7.18. The van der Waals surface area contributed by atoms with Crippen molar-refractivity contribution in [1.29, 1.82) is 0 Å². The van der Waals surface area contributed by atoms with Gasteiger partial charge in [-0.05, 0) is 37.1 Å². The Bertz CT molecular complexity index is 858. The van der Waals surface area contributed by atoms with Crippen molar-refractivity contribution in [2.45, 2.75) is 38.3 Å². The summed E-state index contributed by atoms with van der Waals surface area (Å²) in [6.45, 7) is 3.07. The van der Waals surface area contributed by atoms with Crippen LogP contribution in [0.2, 0.25) is 0 Å². The van der Waals surface area contributed by atoms with Crippen LogP contribution in [-0.4, -0.2) is 37.4 Å². The normalized spacial score (nSPS) is 19.3. The van der Waals surface area contributed by atoms with Crippen LogP contribution in [0.3, 0.4) is 0 Å². The summed E-state index contributed by atoms with van der Waals surface area (Å²) in [7, 11) is 1.87. The van der Waals surface area contributed by atoms with Crippen molar-refractivity contribution in [2.75, 3.05) is 11.4 Å². The predicted octanol–water partition coefficient (Wildman–Crippen LogP) is 2.83. The molecule has 0 bridgehead atoms. The van der Waals surface area contributed by atoms with Crippen LogP contribution in [0.25, 0.3) is 10.2 Å². The molecular weight excluding hydrogens is 322 g/mol. The van der Waals surface area contributed by atoms with E-state index in [1.807, 2.05) is 13.2 Å². The first-order valence-electron chi connectivity index (χ1n) is 8.25. The van der Waals surface area contributed by atoms with Crippen LogP contribution in [0.15, 0.2) is 24.1 Å². The molecule has 7 heteroatoms. The number of aliphatic hydroxyl groups excluding tert-OH is 1. The van der Waals surface area contributed by atoms with Gasteiger partial charge in [-0.15, -0.1) is 11.3 Å². The molecule has 1 fully saturated rings. The second-order valence-corrected chi connectivity index (χ2v) is 7.36. The Morgan fingerprint density at radius 3 is 3.08 bits per heavy atom. The quantitative estimate of drug-likeness (QED) is 0.789. The number of aliphatic hydroxyl groups is 1. The molecule has 4 rings (SSSR count). The topological polar surface area (TPSA) is 67.1 Å². The molecule has 3 aromatic rings. The van der Waals surface area contributed by atoms with Crippen LogP contribution >= 0.6 is 11.3 Å². The molecule has 6 nitrogen and oxygen atoms in total. The fraction of sp³-hybridized carbons (Fsp3) is 0.471. The minimum atomic E-state index is -0.494. The molecular formula is C17H21N5OS. The first-order chi connectivity index (χ1) is 11.6. The van der Waals surface area contributed by atoms with Crippen molar-refractivity contribution in [2.24, 2.45) is 7.05 Å². The number of nitrogens with zero attached hydrogens (tertiary/aromatic N) is 5. The van der Waals surface area contributed by atoms with Crippen molar-refractivity contribution >= 4 is 27.4 Å². The van der Waals surface area contributed by atoms with Gasteiger partial charge in [-0.25, -0.2) is 9.97 Å². The largest absolute Gasteiger partial charge is 0.388 e. The Hall–Kier alpha value is -1.99. The lowest BCUT2D eigenvalue weighted by molar-refractivity contribution is 0.158.